The van der Waals surface area contributed by atoms with Gasteiger partial charge in [-0.15, -0.1) is 0 Å². The average molecular weight is 505 g/mol. The van der Waals surface area contributed by atoms with Crippen molar-refractivity contribution in [2.45, 2.75) is 115 Å². The Labute approximate surface area is 212 Å². The molecule has 4 aliphatic carbocycles. The maximum absolute atomic E-state index is 13.5. The minimum atomic E-state index is -1.55. The van der Waals surface area contributed by atoms with E-state index < -0.39 is 52.4 Å². The fourth-order valence-electron chi connectivity index (χ4n) is 10.9. The lowest BCUT2D eigenvalue weighted by Crippen LogP contribution is -2.71. The third-order valence-corrected chi connectivity index (χ3v) is 12.9. The van der Waals surface area contributed by atoms with Gasteiger partial charge in [-0.3, -0.25) is 9.59 Å². The molecule has 3 saturated heterocycles. The number of hydrogen-bond acceptors (Lipinski definition) is 8. The van der Waals surface area contributed by atoms with Gasteiger partial charge in [-0.2, -0.15) is 0 Å². The predicted molar refractivity (Wildman–Crippen MR) is 125 cm³/mol. The Morgan fingerprint density at radius 2 is 1.69 bits per heavy atom. The summed E-state index contributed by atoms with van der Waals surface area (Å²) in [7, 11) is 0. The summed E-state index contributed by atoms with van der Waals surface area (Å²) in [6.07, 6.45) is 1.48. The summed E-state index contributed by atoms with van der Waals surface area (Å²) >= 11 is 0. The molecule has 7 rings (SSSR count). The van der Waals surface area contributed by atoms with Gasteiger partial charge in [-0.1, -0.05) is 20.8 Å². The number of carbonyl (C=O) groups excluding carboxylic acids is 2. The molecule has 2 spiro atoms. The molecule has 0 radical (unpaired) electrons. The third-order valence-electron chi connectivity index (χ3n) is 12.9. The highest BCUT2D eigenvalue weighted by molar-refractivity contribution is 5.88. The first-order chi connectivity index (χ1) is 16.8. The van der Waals surface area contributed by atoms with Crippen LogP contribution in [0.2, 0.25) is 0 Å². The van der Waals surface area contributed by atoms with Gasteiger partial charge < -0.3 is 29.5 Å². The van der Waals surface area contributed by atoms with Crippen LogP contribution in [0.4, 0.5) is 0 Å². The van der Waals surface area contributed by atoms with Gasteiger partial charge in [0, 0.05) is 18.3 Å². The highest BCUT2D eigenvalue weighted by atomic mass is 16.7. The molecule has 8 heteroatoms. The number of hydrogen-bond donors (Lipinski definition) is 3. The molecule has 0 bridgehead atoms. The van der Waals surface area contributed by atoms with Crippen LogP contribution in [0.15, 0.2) is 0 Å². The summed E-state index contributed by atoms with van der Waals surface area (Å²) in [5, 5.41) is 34.5. The molecule has 0 aromatic carbocycles. The summed E-state index contributed by atoms with van der Waals surface area (Å²) < 4.78 is 18.6. The number of carbonyl (C=O) groups is 2. The van der Waals surface area contributed by atoms with E-state index in [1.54, 1.807) is 13.8 Å². The van der Waals surface area contributed by atoms with Crippen LogP contribution in [0.5, 0.6) is 0 Å². The fraction of sp³-hybridized carbons (Fsp3) is 0.929. The Bertz CT molecular complexity index is 1040. The number of esters is 1. The average Bonchev–Trinajstić information content (AvgIpc) is 3.42. The molecule has 15 atom stereocenters. The van der Waals surface area contributed by atoms with Crippen LogP contribution in [-0.4, -0.2) is 68.5 Å². The van der Waals surface area contributed by atoms with Crippen LogP contribution >= 0.6 is 0 Å². The fourth-order valence-corrected chi connectivity index (χ4v) is 10.9. The maximum Gasteiger partial charge on any atom is 0.311 e. The number of ketones is 1. The highest BCUT2D eigenvalue weighted by Gasteiger charge is 2.82. The van der Waals surface area contributed by atoms with Gasteiger partial charge in [0.25, 0.3) is 0 Å². The van der Waals surface area contributed by atoms with Gasteiger partial charge >= 0.3 is 5.97 Å². The standard InChI is InChI=1S/C28H40O8/c1-12-13(2)28(36-22(12)31)23(32)26(5,33)21-17(34-28)11-16-14-10-20-27(35-20)19(30)7-6-18(29)25(27,4)15(14)8-9-24(16,21)3/h12-17,19-21,23,30,32-33H,6-11H2,1-5H3/t12-,13-,14-,15+,16+,17+,19+,20-,21+,23+,24+,25+,26-,27-,28-/m1/s1. The number of fused-ring (bicyclic) bond motifs is 6. The molecule has 3 aliphatic heterocycles. The summed E-state index contributed by atoms with van der Waals surface area (Å²) in [5.74, 6) is -2.45. The van der Waals surface area contributed by atoms with Crippen molar-refractivity contribution < 1.29 is 39.1 Å². The van der Waals surface area contributed by atoms with Gasteiger partial charge in [0.2, 0.25) is 5.79 Å². The van der Waals surface area contributed by atoms with Crippen molar-refractivity contribution >= 4 is 11.8 Å². The monoisotopic (exact) mass is 504 g/mol. The molecular weight excluding hydrogens is 464 g/mol. The Morgan fingerprint density at radius 3 is 2.36 bits per heavy atom. The number of Topliss-reactive ketones (excluding diaryl/α,β-unsaturated/α-hetero) is 1. The first-order valence-electron chi connectivity index (χ1n) is 14.0. The van der Waals surface area contributed by atoms with Gasteiger partial charge in [0.15, 0.2) is 0 Å². The second-order valence-electron chi connectivity index (χ2n) is 14.0. The molecule has 0 aromatic rings. The van der Waals surface area contributed by atoms with Crippen molar-refractivity contribution in [1.29, 1.82) is 0 Å². The van der Waals surface area contributed by atoms with Crippen molar-refractivity contribution in [3.8, 4) is 0 Å². The van der Waals surface area contributed by atoms with Crippen LogP contribution in [0, 0.1) is 46.3 Å². The van der Waals surface area contributed by atoms with Crippen molar-refractivity contribution in [3.63, 3.8) is 0 Å². The molecule has 4 saturated carbocycles. The first-order valence-corrected chi connectivity index (χ1v) is 14.0. The molecule has 0 amide bonds. The van der Waals surface area contributed by atoms with Crippen LogP contribution in [0.1, 0.15) is 73.1 Å². The first kappa shape index (κ1) is 24.0. The smallest absolute Gasteiger partial charge is 0.311 e. The van der Waals surface area contributed by atoms with Crippen molar-refractivity contribution in [2.75, 3.05) is 0 Å². The SMILES string of the molecule is C[C@@H]1[C@@H](C)C(=O)O[C@]12O[C@H]1C[C@H]3[C@@H]4C[C@H]5O[C@]56[C@@H](O)CCC(=O)[C@]6(C)[C@H]4CC[C@]3(C)[C@H]1[C@@](C)(O)[C@@H]2O. The molecule has 200 valence electrons. The Balaban J connectivity index is 1.27. The largest absolute Gasteiger partial charge is 0.429 e. The van der Waals surface area contributed by atoms with Crippen LogP contribution < -0.4 is 0 Å². The Morgan fingerprint density at radius 1 is 0.972 bits per heavy atom. The number of rotatable bonds is 0. The van der Waals surface area contributed by atoms with Crippen LogP contribution in [0.25, 0.3) is 0 Å². The molecule has 3 N–H and O–H groups in total. The molecule has 36 heavy (non-hydrogen) atoms. The summed E-state index contributed by atoms with van der Waals surface area (Å²) in [6, 6.07) is 0. The van der Waals surface area contributed by atoms with E-state index >= 15 is 0 Å². The van der Waals surface area contributed by atoms with Gasteiger partial charge in [-0.05, 0) is 69.1 Å². The summed E-state index contributed by atoms with van der Waals surface area (Å²) in [5.41, 5.74) is -3.26. The van der Waals surface area contributed by atoms with E-state index in [2.05, 4.69) is 6.92 Å². The highest BCUT2D eigenvalue weighted by Crippen LogP contribution is 2.75. The number of aliphatic hydroxyl groups is 3. The van der Waals surface area contributed by atoms with E-state index in [0.29, 0.717) is 19.3 Å². The number of aliphatic hydroxyl groups excluding tert-OH is 2. The van der Waals surface area contributed by atoms with Crippen LogP contribution in [0.3, 0.4) is 0 Å². The molecular formula is C28H40O8. The normalized spacial score (nSPS) is 65.2. The number of ether oxygens (including phenoxy) is 3. The minimum absolute atomic E-state index is 0.101. The summed E-state index contributed by atoms with van der Waals surface area (Å²) in [4.78, 5) is 26.0. The van der Waals surface area contributed by atoms with Crippen molar-refractivity contribution in [2.24, 2.45) is 46.3 Å². The quantitative estimate of drug-likeness (QED) is 0.338. The van der Waals surface area contributed by atoms with E-state index in [-0.39, 0.29) is 47.1 Å². The zero-order valence-electron chi connectivity index (χ0n) is 21.9. The molecule has 8 nitrogen and oxygen atoms in total. The third kappa shape index (κ3) is 2.34. The van der Waals surface area contributed by atoms with Crippen LogP contribution in [-0.2, 0) is 23.8 Å². The predicted octanol–water partition coefficient (Wildman–Crippen LogP) is 1.96. The lowest BCUT2D eigenvalue weighted by Gasteiger charge is -2.60. The Kier molecular flexibility index (Phi) is 4.49. The minimum Gasteiger partial charge on any atom is -0.429 e. The zero-order chi connectivity index (χ0) is 25.8. The molecule has 0 aromatic heterocycles. The zero-order valence-corrected chi connectivity index (χ0v) is 21.9. The molecule has 0 unspecified atom stereocenters. The lowest BCUT2D eigenvalue weighted by atomic mass is 9.43. The van der Waals surface area contributed by atoms with E-state index in [9.17, 15) is 24.9 Å². The lowest BCUT2D eigenvalue weighted by molar-refractivity contribution is -0.368. The summed E-state index contributed by atoms with van der Waals surface area (Å²) in [6.45, 7) is 9.55. The Hall–Kier alpha value is -1.06. The van der Waals surface area contributed by atoms with Crippen molar-refractivity contribution in [3.05, 3.63) is 0 Å². The molecule has 3 heterocycles. The van der Waals surface area contributed by atoms with E-state index in [4.69, 9.17) is 14.2 Å². The van der Waals surface area contributed by atoms with E-state index in [1.165, 1.54) is 0 Å². The maximum atomic E-state index is 13.5. The van der Waals surface area contributed by atoms with E-state index in [1.807, 2.05) is 13.8 Å². The molecule has 7 aliphatic rings. The van der Waals surface area contributed by atoms with Gasteiger partial charge in [0.05, 0.1) is 29.6 Å². The van der Waals surface area contributed by atoms with Gasteiger partial charge in [-0.25, -0.2) is 0 Å². The molecule has 7 fully saturated rings. The van der Waals surface area contributed by atoms with Crippen molar-refractivity contribution in [1.82, 2.24) is 0 Å². The second kappa shape index (κ2) is 6.74. The topological polar surface area (TPSA) is 126 Å². The second-order valence-corrected chi connectivity index (χ2v) is 14.0. The van der Waals surface area contributed by atoms with E-state index in [0.717, 1.165) is 19.3 Å². The van der Waals surface area contributed by atoms with Gasteiger partial charge in [0.1, 0.15) is 23.1 Å². The number of epoxide rings is 1.